The van der Waals surface area contributed by atoms with Gasteiger partial charge in [0.1, 0.15) is 16.9 Å². The van der Waals surface area contributed by atoms with E-state index >= 15 is 0 Å². The van der Waals surface area contributed by atoms with Crippen molar-refractivity contribution in [1.82, 2.24) is 10.3 Å². The summed E-state index contributed by atoms with van der Waals surface area (Å²) < 4.78 is 12.9. The molecule has 128 valence electrons. The maximum atomic E-state index is 12.9. The van der Waals surface area contributed by atoms with Crippen molar-refractivity contribution in [2.75, 3.05) is 0 Å². The summed E-state index contributed by atoms with van der Waals surface area (Å²) in [5, 5.41) is 14.2. The van der Waals surface area contributed by atoms with Crippen LogP contribution < -0.4 is 5.32 Å². The van der Waals surface area contributed by atoms with Gasteiger partial charge in [-0.2, -0.15) is 0 Å². The number of carbonyl (C=O) groups excluding carboxylic acids is 1. The van der Waals surface area contributed by atoms with Crippen molar-refractivity contribution in [3.63, 3.8) is 0 Å². The number of carbonyl (C=O) groups is 2. The number of hydrogen-bond donors (Lipinski definition) is 2. The molecule has 0 fully saturated rings. The van der Waals surface area contributed by atoms with Crippen molar-refractivity contribution < 1.29 is 19.1 Å². The smallest absolute Gasteiger partial charge is 0.326 e. The lowest BCUT2D eigenvalue weighted by Gasteiger charge is -2.19. The molecule has 24 heavy (non-hydrogen) atoms. The summed E-state index contributed by atoms with van der Waals surface area (Å²) in [5.74, 6) is -1.89. The molecule has 2 N–H and O–H groups in total. The minimum atomic E-state index is -1.04. The van der Waals surface area contributed by atoms with Crippen LogP contribution in [0.4, 0.5) is 4.39 Å². The molecular weight excluding hydrogens is 331 g/mol. The highest BCUT2D eigenvalue weighted by Crippen LogP contribution is 2.24. The van der Waals surface area contributed by atoms with Crippen LogP contribution in [0.25, 0.3) is 10.6 Å². The van der Waals surface area contributed by atoms with Gasteiger partial charge in [0, 0.05) is 10.9 Å². The van der Waals surface area contributed by atoms with Crippen LogP contribution in [0.3, 0.4) is 0 Å². The van der Waals surface area contributed by atoms with Gasteiger partial charge < -0.3 is 10.4 Å². The zero-order chi connectivity index (χ0) is 17.7. The van der Waals surface area contributed by atoms with Crippen LogP contribution in [0.2, 0.25) is 0 Å². The molecule has 0 aliphatic heterocycles. The number of nitrogens with zero attached hydrogens (tertiary/aromatic N) is 1. The third kappa shape index (κ3) is 4.61. The van der Waals surface area contributed by atoms with Crippen LogP contribution in [0, 0.1) is 11.7 Å². The predicted molar refractivity (Wildman–Crippen MR) is 90.2 cm³/mol. The minimum Gasteiger partial charge on any atom is -0.480 e. The second-order valence-corrected chi connectivity index (χ2v) is 6.45. The summed E-state index contributed by atoms with van der Waals surface area (Å²) in [7, 11) is 0. The number of carboxylic acids is 1. The largest absolute Gasteiger partial charge is 0.480 e. The first-order valence-electron chi connectivity index (χ1n) is 7.63. The molecule has 2 rings (SSSR count). The number of aliphatic carboxylic acids is 1. The molecule has 0 radical (unpaired) electrons. The molecule has 0 spiro atoms. The van der Waals surface area contributed by atoms with Crippen LogP contribution in [0.15, 0.2) is 29.6 Å². The van der Waals surface area contributed by atoms with Gasteiger partial charge in [-0.05, 0) is 30.2 Å². The third-order valence-electron chi connectivity index (χ3n) is 3.78. The third-order valence-corrected chi connectivity index (χ3v) is 4.72. The monoisotopic (exact) mass is 350 g/mol. The van der Waals surface area contributed by atoms with E-state index in [0.717, 1.165) is 5.56 Å². The fourth-order valence-corrected chi connectivity index (χ4v) is 3.01. The van der Waals surface area contributed by atoms with Gasteiger partial charge >= 0.3 is 5.97 Å². The lowest BCUT2D eigenvalue weighted by Crippen LogP contribution is -2.45. The zero-order valence-corrected chi connectivity index (χ0v) is 14.3. The molecule has 0 saturated heterocycles. The van der Waals surface area contributed by atoms with Gasteiger partial charge in [0.15, 0.2) is 0 Å². The van der Waals surface area contributed by atoms with E-state index in [1.165, 1.54) is 23.5 Å². The lowest BCUT2D eigenvalue weighted by molar-refractivity contribution is -0.143. The Bertz CT molecular complexity index is 715. The Balaban J connectivity index is 2.02. The summed E-state index contributed by atoms with van der Waals surface area (Å²) in [6, 6.07) is 5.06. The fourth-order valence-electron chi connectivity index (χ4n) is 2.19. The Hall–Kier alpha value is -2.28. The van der Waals surface area contributed by atoms with E-state index in [2.05, 4.69) is 10.3 Å². The molecule has 0 saturated carbocycles. The number of halogens is 1. The highest BCUT2D eigenvalue weighted by Gasteiger charge is 2.25. The predicted octanol–water partition coefficient (Wildman–Crippen LogP) is 3.11. The molecule has 1 aromatic heterocycles. The number of aromatic nitrogens is 1. The van der Waals surface area contributed by atoms with Crippen molar-refractivity contribution in [2.24, 2.45) is 5.92 Å². The quantitative estimate of drug-likeness (QED) is 0.804. The van der Waals surface area contributed by atoms with Gasteiger partial charge in [-0.25, -0.2) is 14.2 Å². The maximum absolute atomic E-state index is 12.9. The van der Waals surface area contributed by atoms with Crippen LogP contribution in [-0.2, 0) is 16.0 Å². The van der Waals surface area contributed by atoms with E-state index in [1.54, 1.807) is 24.4 Å². The molecule has 7 heteroatoms. The van der Waals surface area contributed by atoms with Crippen LogP contribution in [0.1, 0.15) is 26.0 Å². The molecule has 0 bridgehead atoms. The topological polar surface area (TPSA) is 79.3 Å². The standard InChI is InChI=1S/C17H19FN2O3S/c1-3-10(2)15(17(22)23)20-14(21)8-13-9-24-16(19-13)11-4-6-12(18)7-5-11/h4-7,9-10,15H,3,8H2,1-2H3,(H,20,21)(H,22,23). The molecule has 2 atom stereocenters. The number of thiazole rings is 1. The van der Waals surface area contributed by atoms with Gasteiger partial charge in [0.2, 0.25) is 5.91 Å². The number of amides is 1. The van der Waals surface area contributed by atoms with Gasteiger partial charge in [0.25, 0.3) is 0 Å². The number of rotatable bonds is 7. The Morgan fingerprint density at radius 3 is 2.58 bits per heavy atom. The highest BCUT2D eigenvalue weighted by atomic mass is 32.1. The van der Waals surface area contributed by atoms with E-state index < -0.39 is 12.0 Å². The van der Waals surface area contributed by atoms with Crippen LogP contribution in [-0.4, -0.2) is 28.0 Å². The van der Waals surface area contributed by atoms with Crippen molar-refractivity contribution >= 4 is 23.2 Å². The number of hydrogen-bond acceptors (Lipinski definition) is 4. The normalized spacial score (nSPS) is 13.3. The molecule has 1 heterocycles. The minimum absolute atomic E-state index is 0.0118. The van der Waals surface area contributed by atoms with Crippen molar-refractivity contribution in [3.05, 3.63) is 41.2 Å². The van der Waals surface area contributed by atoms with E-state index in [4.69, 9.17) is 0 Å². The molecule has 2 unspecified atom stereocenters. The maximum Gasteiger partial charge on any atom is 0.326 e. The number of carboxylic acid groups (broad SMARTS) is 1. The van der Waals surface area contributed by atoms with E-state index in [0.29, 0.717) is 17.1 Å². The van der Waals surface area contributed by atoms with Gasteiger partial charge in [-0.1, -0.05) is 20.3 Å². The fraction of sp³-hybridized carbons (Fsp3) is 0.353. The number of nitrogens with one attached hydrogen (secondary N) is 1. The van der Waals surface area contributed by atoms with Gasteiger partial charge in [-0.15, -0.1) is 11.3 Å². The Morgan fingerprint density at radius 1 is 1.33 bits per heavy atom. The SMILES string of the molecule is CCC(C)C(NC(=O)Cc1csc(-c2ccc(F)cc2)n1)C(=O)O. The molecule has 1 aromatic carbocycles. The zero-order valence-electron chi connectivity index (χ0n) is 13.5. The number of benzene rings is 1. The molecule has 1 amide bonds. The van der Waals surface area contributed by atoms with E-state index in [9.17, 15) is 19.1 Å². The summed E-state index contributed by atoms with van der Waals surface area (Å²) in [4.78, 5) is 27.7. The second-order valence-electron chi connectivity index (χ2n) is 5.60. The first-order valence-corrected chi connectivity index (χ1v) is 8.51. The van der Waals surface area contributed by atoms with E-state index in [1.807, 2.05) is 6.92 Å². The molecular formula is C17H19FN2O3S. The Kier molecular flexibility index (Phi) is 6.03. The molecule has 0 aliphatic rings. The van der Waals surface area contributed by atoms with E-state index in [-0.39, 0.29) is 24.1 Å². The lowest BCUT2D eigenvalue weighted by atomic mass is 9.99. The second kappa shape index (κ2) is 8.01. The van der Waals surface area contributed by atoms with Gasteiger partial charge in [0.05, 0.1) is 12.1 Å². The summed E-state index contributed by atoms with van der Waals surface area (Å²) in [6.07, 6.45) is 0.667. The average Bonchev–Trinajstić information content (AvgIpc) is 3.00. The summed E-state index contributed by atoms with van der Waals surface area (Å²) in [5.41, 5.74) is 1.33. The molecule has 5 nitrogen and oxygen atoms in total. The van der Waals surface area contributed by atoms with Crippen LogP contribution >= 0.6 is 11.3 Å². The molecule has 0 aliphatic carbocycles. The van der Waals surface area contributed by atoms with Gasteiger partial charge in [-0.3, -0.25) is 4.79 Å². The highest BCUT2D eigenvalue weighted by molar-refractivity contribution is 7.13. The first kappa shape index (κ1) is 18.1. The van der Waals surface area contributed by atoms with Crippen molar-refractivity contribution in [3.8, 4) is 10.6 Å². The average molecular weight is 350 g/mol. The van der Waals surface area contributed by atoms with Crippen LogP contribution in [0.5, 0.6) is 0 Å². The van der Waals surface area contributed by atoms with Crippen molar-refractivity contribution in [2.45, 2.75) is 32.7 Å². The first-order chi connectivity index (χ1) is 11.4. The van der Waals surface area contributed by atoms with Crippen molar-refractivity contribution in [1.29, 1.82) is 0 Å². The Morgan fingerprint density at radius 2 is 2.00 bits per heavy atom. The summed E-state index contributed by atoms with van der Waals surface area (Å²) >= 11 is 1.36. The summed E-state index contributed by atoms with van der Waals surface area (Å²) in [6.45, 7) is 3.66. The molecule has 2 aromatic rings. The Labute approximate surface area is 143 Å².